The third kappa shape index (κ3) is 5.04. The molecule has 0 aliphatic carbocycles. The maximum atomic E-state index is 4.19. The summed E-state index contributed by atoms with van der Waals surface area (Å²) in [5.41, 5.74) is 1.33. The normalized spacial score (nSPS) is 10.7. The fourth-order valence-electron chi connectivity index (χ4n) is 1.14. The fourth-order valence-corrected chi connectivity index (χ4v) is 2.19. The van der Waals surface area contributed by atoms with Crippen LogP contribution < -0.4 is 5.32 Å². The number of nitrogens with one attached hydrogen (secondary N) is 1. The molecule has 1 aromatic rings. The molecule has 0 bridgehead atoms. The molecule has 0 aliphatic heterocycles. The highest BCUT2D eigenvalue weighted by molar-refractivity contribution is 7.98. The number of pyridine rings is 1. The van der Waals surface area contributed by atoms with E-state index in [-0.39, 0.29) is 0 Å². The number of aromatic nitrogens is 1. The van der Waals surface area contributed by atoms with Gasteiger partial charge in [-0.25, -0.2) is 4.98 Å². The van der Waals surface area contributed by atoms with Gasteiger partial charge in [-0.1, -0.05) is 0 Å². The molecule has 1 N–H and O–H groups in total. The van der Waals surface area contributed by atoms with Gasteiger partial charge in [0.15, 0.2) is 0 Å². The highest BCUT2D eigenvalue weighted by Crippen LogP contribution is 2.14. The molecule has 1 heterocycles. The first-order valence-electron chi connectivity index (χ1n) is 5.07. The van der Waals surface area contributed by atoms with Crippen LogP contribution in [0, 0.1) is 0 Å². The van der Waals surface area contributed by atoms with Crippen molar-refractivity contribution in [3.63, 3.8) is 0 Å². The van der Waals surface area contributed by atoms with Gasteiger partial charge in [-0.3, -0.25) is 0 Å². The minimum atomic E-state index is 0.945. The quantitative estimate of drug-likeness (QED) is 0.749. The van der Waals surface area contributed by atoms with Crippen LogP contribution in [-0.2, 0) is 5.75 Å². The van der Waals surface area contributed by atoms with Crippen LogP contribution in [-0.4, -0.2) is 43.3 Å². The molecular formula is C11H19N3S. The lowest BCUT2D eigenvalue weighted by molar-refractivity contribution is 0.437. The summed E-state index contributed by atoms with van der Waals surface area (Å²) in [7, 11) is 6.10. The van der Waals surface area contributed by atoms with Crippen molar-refractivity contribution in [1.29, 1.82) is 0 Å². The molecule has 0 fully saturated rings. The van der Waals surface area contributed by atoms with Crippen LogP contribution >= 0.6 is 11.8 Å². The van der Waals surface area contributed by atoms with Gasteiger partial charge in [0.25, 0.3) is 0 Å². The highest BCUT2D eigenvalue weighted by atomic mass is 32.2. The molecule has 0 unspecified atom stereocenters. The molecule has 1 rings (SSSR count). The molecule has 0 atom stereocenters. The van der Waals surface area contributed by atoms with Gasteiger partial charge < -0.3 is 10.2 Å². The Labute approximate surface area is 96.3 Å². The lowest BCUT2D eigenvalue weighted by Gasteiger charge is -2.08. The summed E-state index contributed by atoms with van der Waals surface area (Å²) in [4.78, 5) is 6.39. The molecule has 0 amide bonds. The Hall–Kier alpha value is -0.740. The summed E-state index contributed by atoms with van der Waals surface area (Å²) in [6.07, 6.45) is 1.85. The second kappa shape index (κ2) is 6.69. The lowest BCUT2D eigenvalue weighted by Crippen LogP contribution is -2.14. The van der Waals surface area contributed by atoms with Crippen LogP contribution in [0.15, 0.2) is 18.3 Å². The first-order valence-corrected chi connectivity index (χ1v) is 6.23. The molecule has 4 heteroatoms. The van der Waals surface area contributed by atoms with E-state index >= 15 is 0 Å². The Balaban J connectivity index is 2.30. The molecule has 15 heavy (non-hydrogen) atoms. The van der Waals surface area contributed by atoms with E-state index in [1.165, 1.54) is 11.3 Å². The largest absolute Gasteiger partial charge is 0.373 e. The first-order chi connectivity index (χ1) is 7.22. The number of thioether (sulfide) groups is 1. The number of hydrogen-bond donors (Lipinski definition) is 1. The van der Waals surface area contributed by atoms with E-state index in [1.54, 1.807) is 0 Å². The molecule has 0 aromatic carbocycles. The minimum absolute atomic E-state index is 0.945. The number of rotatable bonds is 6. The topological polar surface area (TPSA) is 28.2 Å². The monoisotopic (exact) mass is 225 g/mol. The number of nitrogens with zero attached hydrogens (tertiary/aromatic N) is 2. The molecule has 0 saturated carbocycles. The van der Waals surface area contributed by atoms with Crippen LogP contribution in [0.3, 0.4) is 0 Å². The van der Waals surface area contributed by atoms with Gasteiger partial charge in [-0.05, 0) is 31.8 Å². The van der Waals surface area contributed by atoms with Crippen LogP contribution in [0.1, 0.15) is 5.56 Å². The molecule has 3 nitrogen and oxygen atoms in total. The zero-order valence-electron chi connectivity index (χ0n) is 9.66. The summed E-state index contributed by atoms with van der Waals surface area (Å²) in [6, 6.07) is 4.17. The predicted molar refractivity (Wildman–Crippen MR) is 68.5 cm³/mol. The van der Waals surface area contributed by atoms with Crippen molar-refractivity contribution in [2.24, 2.45) is 0 Å². The Morgan fingerprint density at radius 3 is 2.93 bits per heavy atom. The Bertz CT molecular complexity index is 289. The zero-order valence-corrected chi connectivity index (χ0v) is 10.5. The van der Waals surface area contributed by atoms with Crippen molar-refractivity contribution in [3.8, 4) is 0 Å². The molecular weight excluding hydrogens is 206 g/mol. The summed E-state index contributed by atoms with van der Waals surface area (Å²) in [5.74, 6) is 3.18. The summed E-state index contributed by atoms with van der Waals surface area (Å²) >= 11 is 1.96. The van der Waals surface area contributed by atoms with E-state index in [1.807, 2.05) is 25.0 Å². The third-order valence-electron chi connectivity index (χ3n) is 2.03. The maximum absolute atomic E-state index is 4.19. The van der Waals surface area contributed by atoms with Crippen molar-refractivity contribution in [2.45, 2.75) is 5.75 Å². The Morgan fingerprint density at radius 2 is 2.27 bits per heavy atom. The molecule has 1 aromatic heterocycles. The van der Waals surface area contributed by atoms with Crippen LogP contribution in [0.4, 0.5) is 5.82 Å². The Kier molecular flexibility index (Phi) is 5.50. The molecule has 0 saturated heterocycles. The van der Waals surface area contributed by atoms with Crippen LogP contribution in [0.5, 0.6) is 0 Å². The number of anilines is 1. The summed E-state index contributed by atoms with van der Waals surface area (Å²) in [5, 5.41) is 3.05. The van der Waals surface area contributed by atoms with E-state index < -0.39 is 0 Å². The second-order valence-corrected chi connectivity index (χ2v) is 4.76. The van der Waals surface area contributed by atoms with Crippen LogP contribution in [0.25, 0.3) is 0 Å². The van der Waals surface area contributed by atoms with Crippen molar-refractivity contribution in [3.05, 3.63) is 23.9 Å². The number of hydrogen-bond acceptors (Lipinski definition) is 4. The first kappa shape index (κ1) is 12.3. The van der Waals surface area contributed by atoms with Crippen molar-refractivity contribution < 1.29 is 0 Å². The van der Waals surface area contributed by atoms with Crippen molar-refractivity contribution in [1.82, 2.24) is 9.88 Å². The van der Waals surface area contributed by atoms with E-state index in [2.05, 4.69) is 41.4 Å². The maximum Gasteiger partial charge on any atom is 0.125 e. The Morgan fingerprint density at radius 1 is 1.47 bits per heavy atom. The second-order valence-electron chi connectivity index (χ2n) is 3.66. The van der Waals surface area contributed by atoms with E-state index in [0.717, 1.165) is 18.1 Å². The third-order valence-corrected chi connectivity index (χ3v) is 3.04. The van der Waals surface area contributed by atoms with Crippen LogP contribution in [0.2, 0.25) is 0 Å². The minimum Gasteiger partial charge on any atom is -0.373 e. The van der Waals surface area contributed by atoms with E-state index in [0.29, 0.717) is 0 Å². The molecule has 0 aliphatic rings. The fraction of sp³-hybridized carbons (Fsp3) is 0.545. The van der Waals surface area contributed by atoms with Gasteiger partial charge in [0.2, 0.25) is 0 Å². The van der Waals surface area contributed by atoms with Gasteiger partial charge in [0.1, 0.15) is 5.82 Å². The van der Waals surface area contributed by atoms with E-state index in [9.17, 15) is 0 Å². The van der Waals surface area contributed by atoms with Gasteiger partial charge >= 0.3 is 0 Å². The molecule has 84 valence electrons. The molecule has 0 spiro atoms. The van der Waals surface area contributed by atoms with Gasteiger partial charge in [0, 0.05) is 31.3 Å². The SMILES string of the molecule is CNc1cc(CSCCN(C)C)ccn1. The summed E-state index contributed by atoms with van der Waals surface area (Å²) in [6.45, 7) is 1.13. The predicted octanol–water partition coefficient (Wildman–Crippen LogP) is 1.92. The average molecular weight is 225 g/mol. The van der Waals surface area contributed by atoms with Crippen molar-refractivity contribution in [2.75, 3.05) is 38.8 Å². The van der Waals surface area contributed by atoms with Gasteiger partial charge in [0.05, 0.1) is 0 Å². The van der Waals surface area contributed by atoms with E-state index in [4.69, 9.17) is 0 Å². The smallest absolute Gasteiger partial charge is 0.125 e. The zero-order chi connectivity index (χ0) is 11.1. The molecule has 0 radical (unpaired) electrons. The van der Waals surface area contributed by atoms with Gasteiger partial charge in [-0.2, -0.15) is 11.8 Å². The van der Waals surface area contributed by atoms with Crippen molar-refractivity contribution >= 4 is 17.6 Å². The highest BCUT2D eigenvalue weighted by Gasteiger charge is 1.96. The standard InChI is InChI=1S/C11H19N3S/c1-12-11-8-10(4-5-13-11)9-15-7-6-14(2)3/h4-5,8H,6-7,9H2,1-3H3,(H,12,13). The van der Waals surface area contributed by atoms with Gasteiger partial charge in [-0.15, -0.1) is 0 Å². The average Bonchev–Trinajstić information content (AvgIpc) is 2.24. The summed E-state index contributed by atoms with van der Waals surface area (Å²) < 4.78 is 0. The lowest BCUT2D eigenvalue weighted by atomic mass is 10.3.